The Morgan fingerprint density at radius 3 is 2.35 bits per heavy atom. The van der Waals surface area contributed by atoms with Gasteiger partial charge in [0.25, 0.3) is 0 Å². The van der Waals surface area contributed by atoms with Gasteiger partial charge in [0, 0.05) is 24.2 Å². The minimum atomic E-state index is 0.305. The summed E-state index contributed by atoms with van der Waals surface area (Å²) >= 11 is 0. The average molecular weight is 231 g/mol. The van der Waals surface area contributed by atoms with Crippen LogP contribution in [0.25, 0.3) is 0 Å². The third-order valence-electron chi connectivity index (χ3n) is 4.64. The van der Waals surface area contributed by atoms with E-state index in [4.69, 9.17) is 0 Å². The van der Waals surface area contributed by atoms with E-state index in [1.807, 2.05) is 0 Å². The first kappa shape index (κ1) is 12.5. The largest absolute Gasteiger partial charge is 0.371 e. The standard InChI is InChI=1S/C16H25N/c1-6-16(15(3,4)5)12-17(7-2)14-11-9-8-10-13(14)16/h8-11H,6-7,12H2,1-5H3. The Morgan fingerprint density at radius 1 is 1.18 bits per heavy atom. The Balaban J connectivity index is 2.59. The Bertz CT molecular complexity index is 402. The van der Waals surface area contributed by atoms with E-state index in [9.17, 15) is 0 Å². The van der Waals surface area contributed by atoms with Crippen LogP contribution in [0.1, 0.15) is 46.6 Å². The SMILES string of the molecule is CCN1CC(CC)(C(C)(C)C)c2ccccc21. The summed E-state index contributed by atoms with van der Waals surface area (Å²) in [7, 11) is 0. The van der Waals surface area contributed by atoms with Gasteiger partial charge in [-0.3, -0.25) is 0 Å². The predicted molar refractivity (Wildman–Crippen MR) is 75.8 cm³/mol. The van der Waals surface area contributed by atoms with Crippen molar-refractivity contribution >= 4 is 5.69 Å². The Kier molecular flexibility index (Phi) is 2.97. The van der Waals surface area contributed by atoms with Crippen molar-refractivity contribution in [2.24, 2.45) is 5.41 Å². The van der Waals surface area contributed by atoms with Gasteiger partial charge in [-0.2, -0.15) is 0 Å². The van der Waals surface area contributed by atoms with E-state index in [1.165, 1.54) is 18.7 Å². The monoisotopic (exact) mass is 231 g/mol. The van der Waals surface area contributed by atoms with Crippen molar-refractivity contribution in [3.63, 3.8) is 0 Å². The molecule has 0 bridgehead atoms. The highest BCUT2D eigenvalue weighted by atomic mass is 15.2. The van der Waals surface area contributed by atoms with Crippen molar-refractivity contribution in [2.75, 3.05) is 18.0 Å². The molecular weight excluding hydrogens is 206 g/mol. The first-order chi connectivity index (χ1) is 7.96. The number of fused-ring (bicyclic) bond motifs is 1. The minimum absolute atomic E-state index is 0.305. The van der Waals surface area contributed by atoms with Gasteiger partial charge in [0.1, 0.15) is 0 Å². The molecule has 0 saturated carbocycles. The Labute approximate surface area is 106 Å². The summed E-state index contributed by atoms with van der Waals surface area (Å²) in [5.74, 6) is 0. The zero-order valence-electron chi connectivity index (χ0n) is 11.9. The normalized spacial score (nSPS) is 23.9. The van der Waals surface area contributed by atoms with Crippen molar-refractivity contribution in [3.05, 3.63) is 29.8 Å². The average Bonchev–Trinajstić information content (AvgIpc) is 2.63. The van der Waals surface area contributed by atoms with E-state index < -0.39 is 0 Å². The Morgan fingerprint density at radius 2 is 1.82 bits per heavy atom. The number of hydrogen-bond acceptors (Lipinski definition) is 1. The lowest BCUT2D eigenvalue weighted by atomic mass is 9.62. The van der Waals surface area contributed by atoms with Gasteiger partial charge in [0.15, 0.2) is 0 Å². The molecule has 1 unspecified atom stereocenters. The molecule has 0 fully saturated rings. The van der Waals surface area contributed by atoms with Crippen molar-refractivity contribution in [1.29, 1.82) is 0 Å². The molecule has 0 spiro atoms. The molecular formula is C16H25N. The number of likely N-dealkylation sites (N-methyl/N-ethyl adjacent to an activating group) is 1. The predicted octanol–water partition coefficient (Wildman–Crippen LogP) is 4.22. The molecule has 0 aliphatic carbocycles. The molecule has 1 heterocycles. The molecule has 1 atom stereocenters. The highest BCUT2D eigenvalue weighted by molar-refractivity contribution is 5.63. The van der Waals surface area contributed by atoms with Crippen LogP contribution in [0.4, 0.5) is 5.69 Å². The van der Waals surface area contributed by atoms with E-state index >= 15 is 0 Å². The van der Waals surface area contributed by atoms with E-state index in [0.29, 0.717) is 10.8 Å². The van der Waals surface area contributed by atoms with Crippen molar-refractivity contribution in [2.45, 2.75) is 46.5 Å². The molecule has 1 aliphatic heterocycles. The first-order valence-electron chi connectivity index (χ1n) is 6.80. The van der Waals surface area contributed by atoms with E-state index in [2.05, 4.69) is 63.8 Å². The Hall–Kier alpha value is -0.980. The van der Waals surface area contributed by atoms with Gasteiger partial charge in [-0.05, 0) is 30.4 Å². The van der Waals surface area contributed by atoms with Crippen LogP contribution in [0.5, 0.6) is 0 Å². The molecule has 94 valence electrons. The number of hydrogen-bond donors (Lipinski definition) is 0. The van der Waals surface area contributed by atoms with Crippen LogP contribution in [0.3, 0.4) is 0 Å². The van der Waals surface area contributed by atoms with Crippen LogP contribution < -0.4 is 4.90 Å². The van der Waals surface area contributed by atoms with Gasteiger partial charge in [-0.15, -0.1) is 0 Å². The first-order valence-corrected chi connectivity index (χ1v) is 6.80. The van der Waals surface area contributed by atoms with Gasteiger partial charge in [-0.1, -0.05) is 45.9 Å². The lowest BCUT2D eigenvalue weighted by Crippen LogP contribution is -2.43. The second kappa shape index (κ2) is 4.04. The summed E-state index contributed by atoms with van der Waals surface area (Å²) in [4.78, 5) is 2.53. The van der Waals surface area contributed by atoms with Crippen molar-refractivity contribution in [3.8, 4) is 0 Å². The highest BCUT2D eigenvalue weighted by Gasteiger charge is 2.48. The van der Waals surface area contributed by atoms with E-state index in [0.717, 1.165) is 6.54 Å². The minimum Gasteiger partial charge on any atom is -0.371 e. The molecule has 1 aliphatic rings. The maximum absolute atomic E-state index is 2.53. The molecule has 0 saturated heterocycles. The second-order valence-electron chi connectivity index (χ2n) is 6.22. The van der Waals surface area contributed by atoms with Crippen LogP contribution in [0, 0.1) is 5.41 Å². The third kappa shape index (κ3) is 1.67. The summed E-state index contributed by atoms with van der Waals surface area (Å²) < 4.78 is 0. The highest BCUT2D eigenvalue weighted by Crippen LogP contribution is 2.52. The fourth-order valence-corrected chi connectivity index (χ4v) is 3.41. The molecule has 2 rings (SSSR count). The molecule has 1 heteroatoms. The number of para-hydroxylation sites is 1. The molecule has 1 aromatic rings. The fourth-order valence-electron chi connectivity index (χ4n) is 3.41. The fraction of sp³-hybridized carbons (Fsp3) is 0.625. The van der Waals surface area contributed by atoms with E-state index in [1.54, 1.807) is 5.56 Å². The van der Waals surface area contributed by atoms with Gasteiger partial charge in [0.2, 0.25) is 0 Å². The van der Waals surface area contributed by atoms with E-state index in [-0.39, 0.29) is 0 Å². The summed E-state index contributed by atoms with van der Waals surface area (Å²) in [6.45, 7) is 14.0. The van der Waals surface area contributed by atoms with Gasteiger partial charge in [0.05, 0.1) is 0 Å². The van der Waals surface area contributed by atoms with Crippen LogP contribution in [-0.4, -0.2) is 13.1 Å². The lowest BCUT2D eigenvalue weighted by molar-refractivity contribution is 0.191. The summed E-state index contributed by atoms with van der Waals surface area (Å²) in [5, 5.41) is 0. The number of anilines is 1. The molecule has 0 radical (unpaired) electrons. The molecule has 0 N–H and O–H groups in total. The van der Waals surface area contributed by atoms with Gasteiger partial charge < -0.3 is 4.90 Å². The van der Waals surface area contributed by atoms with Crippen LogP contribution in [0.2, 0.25) is 0 Å². The maximum atomic E-state index is 2.53. The molecule has 1 aromatic carbocycles. The number of benzene rings is 1. The van der Waals surface area contributed by atoms with Crippen LogP contribution in [0.15, 0.2) is 24.3 Å². The quantitative estimate of drug-likeness (QED) is 0.736. The van der Waals surface area contributed by atoms with Crippen LogP contribution in [-0.2, 0) is 5.41 Å². The zero-order chi connectivity index (χ0) is 12.7. The number of rotatable bonds is 2. The smallest absolute Gasteiger partial charge is 0.0405 e. The summed E-state index contributed by atoms with van der Waals surface area (Å²) in [6.07, 6.45) is 1.21. The summed E-state index contributed by atoms with van der Waals surface area (Å²) in [6, 6.07) is 8.96. The summed E-state index contributed by atoms with van der Waals surface area (Å²) in [5.41, 5.74) is 3.62. The lowest BCUT2D eigenvalue weighted by Gasteiger charge is -2.42. The molecule has 1 nitrogen and oxygen atoms in total. The van der Waals surface area contributed by atoms with Gasteiger partial charge in [-0.25, -0.2) is 0 Å². The van der Waals surface area contributed by atoms with Gasteiger partial charge >= 0.3 is 0 Å². The topological polar surface area (TPSA) is 3.24 Å². The second-order valence-corrected chi connectivity index (χ2v) is 6.22. The molecule has 17 heavy (non-hydrogen) atoms. The zero-order valence-corrected chi connectivity index (χ0v) is 11.9. The molecule has 0 aromatic heterocycles. The van der Waals surface area contributed by atoms with Crippen LogP contribution >= 0.6 is 0 Å². The van der Waals surface area contributed by atoms with Crippen molar-refractivity contribution in [1.82, 2.24) is 0 Å². The third-order valence-corrected chi connectivity index (χ3v) is 4.64. The molecule has 0 amide bonds. The van der Waals surface area contributed by atoms with Crippen molar-refractivity contribution < 1.29 is 0 Å². The maximum Gasteiger partial charge on any atom is 0.0405 e. The number of nitrogens with zero attached hydrogens (tertiary/aromatic N) is 1.